The molecule has 0 aliphatic carbocycles. The molecule has 1 atom stereocenters. The normalized spacial score (nSPS) is 12.2. The van der Waals surface area contributed by atoms with Crippen molar-refractivity contribution in [1.82, 2.24) is 19.4 Å². The first-order valence-corrected chi connectivity index (χ1v) is 17.0. The zero-order chi connectivity index (χ0) is 37.8. The van der Waals surface area contributed by atoms with Gasteiger partial charge in [-0.2, -0.15) is 0 Å². The number of amides is 2. The number of anilines is 2. The molecule has 2 heterocycles. The van der Waals surface area contributed by atoms with Crippen LogP contribution in [-0.2, 0) is 37.8 Å². The van der Waals surface area contributed by atoms with Gasteiger partial charge < -0.3 is 19.9 Å². The average Bonchev–Trinajstić information content (AvgIpc) is 3.05. The zero-order valence-electron chi connectivity index (χ0n) is 28.5. The standard InChI is InChI=1S/C34H36F2N6O8S/c1-7-50-31(45)27(15-20-8-13-28(37-18-20)42-29(43)14-19(2)41(6)33(42)47)39-30(44)23-16-25(36)26(17-24(23)35)40-51(48,49)22-11-9-21(10-12-22)38-32(46)34(3,4)5/h8-14,16-18,27,40H,7,15H2,1-6H3,(H,38,46)(H,39,44)/t27-/m0/s1. The van der Waals surface area contributed by atoms with Gasteiger partial charge in [0.1, 0.15) is 23.5 Å². The van der Waals surface area contributed by atoms with Crippen LogP contribution in [0.5, 0.6) is 0 Å². The van der Waals surface area contributed by atoms with Gasteiger partial charge in [-0.25, -0.2) is 36.3 Å². The van der Waals surface area contributed by atoms with Crippen molar-refractivity contribution in [2.45, 2.75) is 52.0 Å². The summed E-state index contributed by atoms with van der Waals surface area (Å²) in [6.45, 7) is 8.18. The lowest BCUT2D eigenvalue weighted by Gasteiger charge is -2.18. The van der Waals surface area contributed by atoms with Crippen molar-refractivity contribution in [3.8, 4) is 5.82 Å². The highest BCUT2D eigenvalue weighted by atomic mass is 32.2. The number of rotatable bonds is 11. The van der Waals surface area contributed by atoms with E-state index in [0.717, 1.165) is 4.57 Å². The van der Waals surface area contributed by atoms with Gasteiger partial charge in [0.15, 0.2) is 0 Å². The van der Waals surface area contributed by atoms with Gasteiger partial charge in [-0.1, -0.05) is 26.8 Å². The SMILES string of the molecule is CCOC(=O)[C@H](Cc1ccc(-n2c(=O)cc(C)n(C)c2=O)nc1)NC(=O)c1cc(F)c(NS(=O)(=O)c2ccc(NC(=O)C(C)(C)C)cc2)cc1F. The van der Waals surface area contributed by atoms with Crippen molar-refractivity contribution in [1.29, 1.82) is 0 Å². The summed E-state index contributed by atoms with van der Waals surface area (Å²) in [5.74, 6) is -4.98. The third kappa shape index (κ3) is 8.91. The van der Waals surface area contributed by atoms with E-state index < -0.39 is 67.5 Å². The predicted octanol–water partition coefficient (Wildman–Crippen LogP) is 3.21. The first-order chi connectivity index (χ1) is 23.8. The molecule has 17 heteroatoms. The molecule has 0 spiro atoms. The number of ether oxygens (including phenoxy) is 1. The second-order valence-electron chi connectivity index (χ2n) is 12.5. The van der Waals surface area contributed by atoms with E-state index in [0.29, 0.717) is 29.1 Å². The van der Waals surface area contributed by atoms with Crippen LogP contribution in [0.1, 0.15) is 49.3 Å². The summed E-state index contributed by atoms with van der Waals surface area (Å²) in [4.78, 5) is 67.0. The Labute approximate surface area is 291 Å². The Kier molecular flexibility index (Phi) is 11.2. The molecule has 14 nitrogen and oxygen atoms in total. The summed E-state index contributed by atoms with van der Waals surface area (Å²) in [6, 6.07) is 8.65. The molecule has 0 unspecified atom stereocenters. The summed E-state index contributed by atoms with van der Waals surface area (Å²) in [7, 11) is -2.94. The monoisotopic (exact) mass is 726 g/mol. The summed E-state index contributed by atoms with van der Waals surface area (Å²) in [6.07, 6.45) is 1.05. The number of nitrogens with one attached hydrogen (secondary N) is 3. The molecular weight excluding hydrogens is 690 g/mol. The molecule has 0 bridgehead atoms. The topological polar surface area (TPSA) is 188 Å². The fourth-order valence-electron chi connectivity index (χ4n) is 4.56. The smallest absolute Gasteiger partial charge is 0.336 e. The van der Waals surface area contributed by atoms with Gasteiger partial charge in [0.05, 0.1) is 22.8 Å². The Morgan fingerprint density at radius 1 is 0.980 bits per heavy atom. The number of nitrogens with zero attached hydrogens (tertiary/aromatic N) is 3. The summed E-state index contributed by atoms with van der Waals surface area (Å²) in [5.41, 5.74) is -2.41. The molecule has 0 fully saturated rings. The van der Waals surface area contributed by atoms with E-state index >= 15 is 8.78 Å². The lowest BCUT2D eigenvalue weighted by molar-refractivity contribution is -0.145. The van der Waals surface area contributed by atoms with Crippen molar-refractivity contribution < 1.29 is 36.3 Å². The Morgan fingerprint density at radius 2 is 1.65 bits per heavy atom. The van der Waals surface area contributed by atoms with E-state index in [1.54, 1.807) is 27.7 Å². The number of sulfonamides is 1. The van der Waals surface area contributed by atoms with Crippen molar-refractivity contribution in [3.63, 3.8) is 0 Å². The Bertz CT molecular complexity index is 2210. The minimum absolute atomic E-state index is 0.0101. The average molecular weight is 727 g/mol. The Morgan fingerprint density at radius 3 is 2.24 bits per heavy atom. The van der Waals surface area contributed by atoms with Crippen LogP contribution in [0.15, 0.2) is 75.3 Å². The molecule has 4 aromatic rings. The number of esters is 1. The molecule has 3 N–H and O–H groups in total. The molecule has 0 saturated heterocycles. The van der Waals surface area contributed by atoms with Crippen molar-refractivity contribution in [3.05, 3.63) is 110 Å². The van der Waals surface area contributed by atoms with Gasteiger partial charge in [-0.15, -0.1) is 0 Å². The number of aromatic nitrogens is 3. The molecule has 0 radical (unpaired) electrons. The summed E-state index contributed by atoms with van der Waals surface area (Å²) < 4.78 is 65.3. The van der Waals surface area contributed by atoms with Crippen molar-refractivity contribution in [2.75, 3.05) is 16.6 Å². The number of hydrogen-bond donors (Lipinski definition) is 3. The van der Waals surface area contributed by atoms with Crippen LogP contribution in [0, 0.1) is 24.0 Å². The van der Waals surface area contributed by atoms with Crippen LogP contribution in [-0.4, -0.2) is 53.0 Å². The van der Waals surface area contributed by atoms with Crippen LogP contribution in [0.2, 0.25) is 0 Å². The highest BCUT2D eigenvalue weighted by Crippen LogP contribution is 2.25. The van der Waals surface area contributed by atoms with Crippen LogP contribution >= 0.6 is 0 Å². The van der Waals surface area contributed by atoms with Crippen molar-refractivity contribution >= 4 is 39.2 Å². The fraction of sp³-hybridized carbons (Fsp3) is 0.294. The first kappa shape index (κ1) is 38.1. The highest BCUT2D eigenvalue weighted by molar-refractivity contribution is 7.92. The van der Waals surface area contributed by atoms with Gasteiger partial charge in [-0.3, -0.25) is 19.1 Å². The molecular formula is C34H36F2N6O8S. The molecule has 270 valence electrons. The fourth-order valence-corrected chi connectivity index (χ4v) is 5.62. The number of hydrogen-bond acceptors (Lipinski definition) is 9. The van der Waals surface area contributed by atoms with Gasteiger partial charge in [-0.05, 0) is 55.8 Å². The first-order valence-electron chi connectivity index (χ1n) is 15.5. The summed E-state index contributed by atoms with van der Waals surface area (Å²) in [5, 5.41) is 4.95. The van der Waals surface area contributed by atoms with Crippen molar-refractivity contribution in [2.24, 2.45) is 12.5 Å². The number of halogens is 2. The van der Waals surface area contributed by atoms with E-state index in [-0.39, 0.29) is 29.6 Å². The zero-order valence-corrected chi connectivity index (χ0v) is 29.4. The number of carbonyl (C=O) groups excluding carboxylic acids is 3. The molecule has 0 saturated carbocycles. The van der Waals surface area contributed by atoms with Crippen LogP contribution < -0.4 is 26.6 Å². The number of pyridine rings is 1. The van der Waals surface area contributed by atoms with Gasteiger partial charge in [0.25, 0.3) is 21.5 Å². The molecule has 0 aliphatic heterocycles. The van der Waals surface area contributed by atoms with Gasteiger partial charge in [0, 0.05) is 48.6 Å². The van der Waals surface area contributed by atoms with E-state index in [9.17, 15) is 32.4 Å². The third-order valence-electron chi connectivity index (χ3n) is 7.56. The molecule has 2 aromatic heterocycles. The molecule has 2 aromatic carbocycles. The lowest BCUT2D eigenvalue weighted by atomic mass is 9.95. The maximum Gasteiger partial charge on any atom is 0.336 e. The number of benzene rings is 2. The van der Waals surface area contributed by atoms with E-state index in [1.807, 2.05) is 4.72 Å². The molecule has 2 amide bonds. The third-order valence-corrected chi connectivity index (χ3v) is 8.95. The predicted molar refractivity (Wildman–Crippen MR) is 183 cm³/mol. The number of carbonyl (C=O) groups is 3. The van der Waals surface area contributed by atoms with Crippen LogP contribution in [0.3, 0.4) is 0 Å². The van der Waals surface area contributed by atoms with E-state index in [4.69, 9.17) is 4.74 Å². The largest absolute Gasteiger partial charge is 0.464 e. The van der Waals surface area contributed by atoms with Crippen LogP contribution in [0.4, 0.5) is 20.2 Å². The maximum absolute atomic E-state index is 15.2. The quantitative estimate of drug-likeness (QED) is 0.195. The van der Waals surface area contributed by atoms with Gasteiger partial charge in [0.2, 0.25) is 5.91 Å². The Balaban J connectivity index is 1.51. The molecule has 0 aliphatic rings. The highest BCUT2D eigenvalue weighted by Gasteiger charge is 2.27. The van der Waals surface area contributed by atoms with Gasteiger partial charge >= 0.3 is 11.7 Å². The minimum atomic E-state index is -4.43. The van der Waals surface area contributed by atoms with E-state index in [1.165, 1.54) is 67.2 Å². The maximum atomic E-state index is 15.2. The number of aryl methyl sites for hydroxylation is 1. The second-order valence-corrected chi connectivity index (χ2v) is 14.1. The molecule has 4 rings (SSSR count). The summed E-state index contributed by atoms with van der Waals surface area (Å²) >= 11 is 0. The molecule has 51 heavy (non-hydrogen) atoms. The second kappa shape index (κ2) is 15.0. The minimum Gasteiger partial charge on any atom is -0.464 e. The lowest BCUT2D eigenvalue weighted by Crippen LogP contribution is -2.43. The Hall–Kier alpha value is -5.71. The van der Waals surface area contributed by atoms with E-state index in [2.05, 4.69) is 15.6 Å². The van der Waals surface area contributed by atoms with Crippen LogP contribution in [0.25, 0.3) is 5.82 Å².